The van der Waals surface area contributed by atoms with Crippen LogP contribution in [0.4, 0.5) is 10.5 Å². The fourth-order valence-electron chi connectivity index (χ4n) is 2.94. The maximum atomic E-state index is 12.7. The van der Waals surface area contributed by atoms with Gasteiger partial charge in [-0.15, -0.1) is 0 Å². The van der Waals surface area contributed by atoms with E-state index in [9.17, 15) is 14.4 Å². The van der Waals surface area contributed by atoms with E-state index in [1.807, 2.05) is 26.0 Å². The van der Waals surface area contributed by atoms with Gasteiger partial charge < -0.3 is 20.1 Å². The number of anilines is 1. The minimum Gasteiger partial charge on any atom is -0.493 e. The Labute approximate surface area is 184 Å². The molecule has 1 aliphatic rings. The van der Waals surface area contributed by atoms with Crippen molar-refractivity contribution in [3.8, 4) is 11.5 Å². The van der Waals surface area contributed by atoms with Gasteiger partial charge in [0.1, 0.15) is 12.2 Å². The van der Waals surface area contributed by atoms with Crippen LogP contribution in [0.1, 0.15) is 18.1 Å². The van der Waals surface area contributed by atoms with Crippen LogP contribution in [-0.2, 0) is 9.59 Å². The van der Waals surface area contributed by atoms with Crippen molar-refractivity contribution in [1.82, 2.24) is 10.2 Å². The third-order valence-corrected chi connectivity index (χ3v) is 4.81. The summed E-state index contributed by atoms with van der Waals surface area (Å²) in [6.45, 7) is 3.75. The molecule has 0 radical (unpaired) electrons. The topological polar surface area (TPSA) is 97.0 Å². The minimum atomic E-state index is -0.690. The third-order valence-electron chi connectivity index (χ3n) is 4.48. The van der Waals surface area contributed by atoms with E-state index in [2.05, 4.69) is 10.6 Å². The number of benzene rings is 2. The number of carbonyl (C=O) groups excluding carboxylic acids is 3. The maximum absolute atomic E-state index is 12.7. The minimum absolute atomic E-state index is 0.00245. The summed E-state index contributed by atoms with van der Waals surface area (Å²) >= 11 is 6.28. The van der Waals surface area contributed by atoms with E-state index < -0.39 is 24.4 Å². The highest BCUT2D eigenvalue weighted by atomic mass is 35.5. The lowest BCUT2D eigenvalue weighted by Crippen LogP contribution is -2.38. The standard InChI is InChI=1S/C22H22ClN3O5/c1-4-31-19-10-14(16(23)11-18(19)30-3)9-17-21(28)26(22(29)25-17)12-20(27)24-15-7-5-13(2)6-8-15/h5-11H,4,12H2,1-3H3,(H,24,27)(H,25,29)/b17-9-. The van der Waals surface area contributed by atoms with E-state index >= 15 is 0 Å². The second-order valence-electron chi connectivity index (χ2n) is 6.75. The summed E-state index contributed by atoms with van der Waals surface area (Å²) in [5, 5.41) is 5.45. The Balaban J connectivity index is 1.76. The van der Waals surface area contributed by atoms with E-state index in [1.54, 1.807) is 24.3 Å². The van der Waals surface area contributed by atoms with E-state index in [0.717, 1.165) is 10.5 Å². The van der Waals surface area contributed by atoms with Crippen LogP contribution in [0.25, 0.3) is 6.08 Å². The van der Waals surface area contributed by atoms with Crippen LogP contribution < -0.4 is 20.1 Å². The number of ether oxygens (including phenoxy) is 2. The molecule has 0 saturated carbocycles. The number of amides is 4. The van der Waals surface area contributed by atoms with Gasteiger partial charge in [-0.25, -0.2) is 9.69 Å². The van der Waals surface area contributed by atoms with Gasteiger partial charge in [0.15, 0.2) is 11.5 Å². The second-order valence-corrected chi connectivity index (χ2v) is 7.16. The molecular weight excluding hydrogens is 422 g/mol. The van der Waals surface area contributed by atoms with Crippen molar-refractivity contribution < 1.29 is 23.9 Å². The molecule has 3 rings (SSSR count). The summed E-state index contributed by atoms with van der Waals surface area (Å²) in [5.74, 6) is -0.221. The summed E-state index contributed by atoms with van der Waals surface area (Å²) in [4.78, 5) is 38.1. The van der Waals surface area contributed by atoms with Crippen LogP contribution in [0, 0.1) is 6.92 Å². The van der Waals surface area contributed by atoms with Gasteiger partial charge in [0.25, 0.3) is 5.91 Å². The summed E-state index contributed by atoms with van der Waals surface area (Å²) in [6, 6.07) is 9.66. The van der Waals surface area contributed by atoms with Gasteiger partial charge in [-0.05, 0) is 43.7 Å². The number of urea groups is 1. The summed E-state index contributed by atoms with van der Waals surface area (Å²) in [7, 11) is 1.49. The number of rotatable bonds is 7. The summed E-state index contributed by atoms with van der Waals surface area (Å²) in [5.41, 5.74) is 2.08. The van der Waals surface area contributed by atoms with Gasteiger partial charge >= 0.3 is 6.03 Å². The second kappa shape index (κ2) is 9.53. The van der Waals surface area contributed by atoms with Gasteiger partial charge in [0, 0.05) is 11.8 Å². The van der Waals surface area contributed by atoms with Crippen molar-refractivity contribution in [1.29, 1.82) is 0 Å². The highest BCUT2D eigenvalue weighted by Crippen LogP contribution is 2.34. The number of nitrogens with one attached hydrogen (secondary N) is 2. The number of hydrogen-bond donors (Lipinski definition) is 2. The van der Waals surface area contributed by atoms with Crippen molar-refractivity contribution in [2.75, 3.05) is 25.6 Å². The molecule has 1 aliphatic heterocycles. The van der Waals surface area contributed by atoms with Crippen LogP contribution in [0.5, 0.6) is 11.5 Å². The molecule has 9 heteroatoms. The predicted molar refractivity (Wildman–Crippen MR) is 117 cm³/mol. The van der Waals surface area contributed by atoms with Crippen molar-refractivity contribution >= 4 is 41.2 Å². The first-order valence-electron chi connectivity index (χ1n) is 9.53. The zero-order chi connectivity index (χ0) is 22.5. The Kier molecular flexibility index (Phi) is 6.81. The van der Waals surface area contributed by atoms with Crippen LogP contribution in [0.3, 0.4) is 0 Å². The van der Waals surface area contributed by atoms with Crippen LogP contribution in [0.15, 0.2) is 42.1 Å². The Morgan fingerprint density at radius 1 is 1.19 bits per heavy atom. The number of aryl methyl sites for hydroxylation is 1. The lowest BCUT2D eigenvalue weighted by Gasteiger charge is -2.12. The van der Waals surface area contributed by atoms with Gasteiger partial charge in [0.2, 0.25) is 5.91 Å². The van der Waals surface area contributed by atoms with Crippen molar-refractivity contribution in [2.24, 2.45) is 0 Å². The average Bonchev–Trinajstić information content (AvgIpc) is 2.99. The van der Waals surface area contributed by atoms with Gasteiger partial charge in [-0.1, -0.05) is 29.3 Å². The molecule has 4 amide bonds. The molecule has 2 aromatic carbocycles. The zero-order valence-corrected chi connectivity index (χ0v) is 18.1. The van der Waals surface area contributed by atoms with Crippen molar-refractivity contribution in [3.05, 3.63) is 58.2 Å². The molecule has 2 aromatic rings. The van der Waals surface area contributed by atoms with Gasteiger partial charge in [-0.3, -0.25) is 9.59 Å². The molecule has 8 nitrogen and oxygen atoms in total. The fourth-order valence-corrected chi connectivity index (χ4v) is 3.15. The number of nitrogens with zero attached hydrogens (tertiary/aromatic N) is 1. The maximum Gasteiger partial charge on any atom is 0.329 e. The van der Waals surface area contributed by atoms with E-state index in [-0.39, 0.29) is 5.70 Å². The van der Waals surface area contributed by atoms with Crippen molar-refractivity contribution in [2.45, 2.75) is 13.8 Å². The quantitative estimate of drug-likeness (QED) is 0.503. The van der Waals surface area contributed by atoms with Crippen LogP contribution in [-0.4, -0.2) is 43.0 Å². The smallest absolute Gasteiger partial charge is 0.329 e. The SMILES string of the molecule is CCOc1cc(/C=C2\NC(=O)N(CC(=O)Nc3ccc(C)cc3)C2=O)c(Cl)cc1OC. The molecule has 0 bridgehead atoms. The monoisotopic (exact) mass is 443 g/mol. The molecule has 31 heavy (non-hydrogen) atoms. The normalized spacial score (nSPS) is 14.6. The Bertz CT molecular complexity index is 1050. The first kappa shape index (κ1) is 22.2. The Hall–Kier alpha value is -3.52. The number of carbonyl (C=O) groups is 3. The highest BCUT2D eigenvalue weighted by molar-refractivity contribution is 6.32. The van der Waals surface area contributed by atoms with E-state index in [4.69, 9.17) is 21.1 Å². The number of methoxy groups -OCH3 is 1. The molecular formula is C22H22ClN3O5. The summed E-state index contributed by atoms with van der Waals surface area (Å²) < 4.78 is 10.8. The number of halogens is 1. The first-order valence-corrected chi connectivity index (χ1v) is 9.91. The molecule has 0 spiro atoms. The Morgan fingerprint density at radius 2 is 1.90 bits per heavy atom. The zero-order valence-electron chi connectivity index (χ0n) is 17.3. The molecule has 0 aliphatic carbocycles. The Morgan fingerprint density at radius 3 is 2.55 bits per heavy atom. The van der Waals surface area contributed by atoms with E-state index in [0.29, 0.717) is 34.4 Å². The first-order chi connectivity index (χ1) is 14.8. The van der Waals surface area contributed by atoms with E-state index in [1.165, 1.54) is 13.2 Å². The van der Waals surface area contributed by atoms with Gasteiger partial charge in [0.05, 0.1) is 18.7 Å². The average molecular weight is 444 g/mol. The molecule has 162 valence electrons. The summed E-state index contributed by atoms with van der Waals surface area (Å²) in [6.07, 6.45) is 1.43. The fraction of sp³-hybridized carbons (Fsp3) is 0.227. The molecule has 0 atom stereocenters. The number of hydrogen-bond acceptors (Lipinski definition) is 5. The molecule has 1 saturated heterocycles. The lowest BCUT2D eigenvalue weighted by molar-refractivity contribution is -0.127. The molecule has 0 aromatic heterocycles. The largest absolute Gasteiger partial charge is 0.493 e. The molecule has 1 fully saturated rings. The predicted octanol–water partition coefficient (Wildman–Crippen LogP) is 3.59. The van der Waals surface area contributed by atoms with Crippen LogP contribution in [0.2, 0.25) is 5.02 Å². The highest BCUT2D eigenvalue weighted by Gasteiger charge is 2.35. The third kappa shape index (κ3) is 5.16. The molecule has 2 N–H and O–H groups in total. The number of imide groups is 1. The molecule has 1 heterocycles. The lowest BCUT2D eigenvalue weighted by atomic mass is 10.1. The van der Waals surface area contributed by atoms with Crippen LogP contribution >= 0.6 is 11.6 Å². The van der Waals surface area contributed by atoms with Gasteiger partial charge in [-0.2, -0.15) is 0 Å². The molecule has 0 unspecified atom stereocenters. The van der Waals surface area contributed by atoms with Crippen molar-refractivity contribution in [3.63, 3.8) is 0 Å².